The Morgan fingerprint density at radius 3 is 2.23 bits per heavy atom. The lowest BCUT2D eigenvalue weighted by Crippen LogP contribution is -2.51. The molecule has 6 heteroatoms. The fourth-order valence-electron chi connectivity index (χ4n) is 2.85. The Bertz CT molecular complexity index is 755. The molecule has 0 spiro atoms. The highest BCUT2D eigenvalue weighted by molar-refractivity contribution is 5.94. The Hall–Kier alpha value is -3.02. The van der Waals surface area contributed by atoms with Crippen LogP contribution in [-0.4, -0.2) is 61.5 Å². The topological polar surface area (TPSA) is 59.1 Å². The van der Waals surface area contributed by atoms with Crippen molar-refractivity contribution in [3.8, 4) is 11.5 Å². The minimum absolute atomic E-state index is 0.00778. The maximum atomic E-state index is 12.6. The van der Waals surface area contributed by atoms with Gasteiger partial charge in [-0.25, -0.2) is 0 Å². The Labute approximate surface area is 152 Å². The number of methoxy groups -OCH3 is 1. The van der Waals surface area contributed by atoms with Crippen LogP contribution in [0.15, 0.2) is 54.6 Å². The first-order valence-electron chi connectivity index (χ1n) is 8.56. The molecule has 3 rings (SSSR count). The third kappa shape index (κ3) is 4.33. The summed E-state index contributed by atoms with van der Waals surface area (Å²) in [6.07, 6.45) is 0. The normalized spacial score (nSPS) is 14.0. The summed E-state index contributed by atoms with van der Waals surface area (Å²) in [5, 5.41) is 0. The number of carbonyl (C=O) groups excluding carboxylic acids is 2. The molecule has 1 fully saturated rings. The SMILES string of the molecule is COc1cccc(C(=O)N2CCN(C(=O)COc3ccccc3)CC2)c1. The molecule has 0 bridgehead atoms. The molecule has 0 aliphatic carbocycles. The number of ether oxygens (including phenoxy) is 2. The largest absolute Gasteiger partial charge is 0.497 e. The summed E-state index contributed by atoms with van der Waals surface area (Å²) in [4.78, 5) is 28.4. The van der Waals surface area contributed by atoms with Crippen LogP contribution < -0.4 is 9.47 Å². The molecule has 2 amide bonds. The van der Waals surface area contributed by atoms with Gasteiger partial charge in [0.25, 0.3) is 11.8 Å². The quantitative estimate of drug-likeness (QED) is 0.825. The number of nitrogens with zero attached hydrogens (tertiary/aromatic N) is 2. The summed E-state index contributed by atoms with van der Waals surface area (Å²) in [6, 6.07) is 16.4. The summed E-state index contributed by atoms with van der Waals surface area (Å²) >= 11 is 0. The van der Waals surface area contributed by atoms with Gasteiger partial charge in [-0.3, -0.25) is 9.59 Å². The summed E-state index contributed by atoms with van der Waals surface area (Å²) in [7, 11) is 1.57. The lowest BCUT2D eigenvalue weighted by molar-refractivity contribution is -0.134. The first kappa shape index (κ1) is 17.8. The van der Waals surface area contributed by atoms with Crippen LogP contribution in [0.5, 0.6) is 11.5 Å². The minimum atomic E-state index is -0.0673. The van der Waals surface area contributed by atoms with Gasteiger partial charge in [0, 0.05) is 31.7 Å². The molecule has 1 heterocycles. The third-order valence-corrected chi connectivity index (χ3v) is 4.34. The highest BCUT2D eigenvalue weighted by atomic mass is 16.5. The average Bonchev–Trinajstić information content (AvgIpc) is 2.72. The summed E-state index contributed by atoms with van der Waals surface area (Å²) < 4.78 is 10.7. The maximum absolute atomic E-state index is 12.6. The van der Waals surface area contributed by atoms with E-state index in [1.54, 1.807) is 41.2 Å². The molecule has 6 nitrogen and oxygen atoms in total. The van der Waals surface area contributed by atoms with Crippen LogP contribution in [0, 0.1) is 0 Å². The smallest absolute Gasteiger partial charge is 0.260 e. The molecule has 0 saturated carbocycles. The van der Waals surface area contributed by atoms with Crippen molar-refractivity contribution in [2.45, 2.75) is 0 Å². The summed E-state index contributed by atoms with van der Waals surface area (Å²) in [5.41, 5.74) is 0.594. The molecule has 136 valence electrons. The number of carbonyl (C=O) groups is 2. The second-order valence-corrected chi connectivity index (χ2v) is 6.01. The van der Waals surface area contributed by atoms with E-state index in [2.05, 4.69) is 0 Å². The molecule has 0 unspecified atom stereocenters. The molecule has 0 aromatic heterocycles. The van der Waals surface area contributed by atoms with Crippen molar-refractivity contribution in [1.82, 2.24) is 9.80 Å². The first-order valence-corrected chi connectivity index (χ1v) is 8.56. The standard InChI is InChI=1S/C20H22N2O4/c1-25-18-9-5-6-16(14-18)20(24)22-12-10-21(11-13-22)19(23)15-26-17-7-3-2-4-8-17/h2-9,14H,10-13,15H2,1H3. The number of amides is 2. The zero-order valence-corrected chi connectivity index (χ0v) is 14.8. The number of hydrogen-bond donors (Lipinski definition) is 0. The number of hydrogen-bond acceptors (Lipinski definition) is 4. The highest BCUT2D eigenvalue weighted by Gasteiger charge is 2.25. The van der Waals surface area contributed by atoms with Crippen LogP contribution in [0.3, 0.4) is 0 Å². The van der Waals surface area contributed by atoms with Crippen molar-refractivity contribution in [1.29, 1.82) is 0 Å². The van der Waals surface area contributed by atoms with Gasteiger partial charge in [0.1, 0.15) is 11.5 Å². The Kier molecular flexibility index (Phi) is 5.73. The van der Waals surface area contributed by atoms with Gasteiger partial charge in [-0.15, -0.1) is 0 Å². The van der Waals surface area contributed by atoms with E-state index in [-0.39, 0.29) is 18.4 Å². The van der Waals surface area contributed by atoms with E-state index in [4.69, 9.17) is 9.47 Å². The van der Waals surface area contributed by atoms with Crippen LogP contribution in [0.4, 0.5) is 0 Å². The predicted molar refractivity (Wildman–Crippen MR) is 97.4 cm³/mol. The second kappa shape index (κ2) is 8.38. The number of benzene rings is 2. The van der Waals surface area contributed by atoms with E-state index in [0.29, 0.717) is 43.2 Å². The second-order valence-electron chi connectivity index (χ2n) is 6.01. The number of piperazine rings is 1. The predicted octanol–water partition coefficient (Wildman–Crippen LogP) is 2.06. The van der Waals surface area contributed by atoms with Gasteiger partial charge in [-0.05, 0) is 30.3 Å². The highest BCUT2D eigenvalue weighted by Crippen LogP contribution is 2.16. The van der Waals surface area contributed by atoms with Crippen LogP contribution in [-0.2, 0) is 4.79 Å². The minimum Gasteiger partial charge on any atom is -0.497 e. The zero-order chi connectivity index (χ0) is 18.4. The average molecular weight is 354 g/mol. The zero-order valence-electron chi connectivity index (χ0n) is 14.8. The number of rotatable bonds is 5. The Balaban J connectivity index is 1.50. The van der Waals surface area contributed by atoms with Crippen molar-refractivity contribution >= 4 is 11.8 Å². The Morgan fingerprint density at radius 2 is 1.54 bits per heavy atom. The van der Waals surface area contributed by atoms with Gasteiger partial charge in [0.05, 0.1) is 7.11 Å². The molecule has 26 heavy (non-hydrogen) atoms. The lowest BCUT2D eigenvalue weighted by atomic mass is 10.1. The molecule has 0 atom stereocenters. The van der Waals surface area contributed by atoms with Crippen LogP contribution in [0.2, 0.25) is 0 Å². The maximum Gasteiger partial charge on any atom is 0.260 e. The summed E-state index contributed by atoms with van der Waals surface area (Å²) in [5.74, 6) is 1.22. The van der Waals surface area contributed by atoms with Crippen LogP contribution in [0.1, 0.15) is 10.4 Å². The van der Waals surface area contributed by atoms with Crippen LogP contribution >= 0.6 is 0 Å². The molecule has 0 N–H and O–H groups in total. The van der Waals surface area contributed by atoms with Gasteiger partial charge in [-0.2, -0.15) is 0 Å². The molecular formula is C20H22N2O4. The monoisotopic (exact) mass is 354 g/mol. The first-order chi connectivity index (χ1) is 12.7. The van der Waals surface area contributed by atoms with E-state index < -0.39 is 0 Å². The van der Waals surface area contributed by atoms with Crippen molar-refractivity contribution in [2.24, 2.45) is 0 Å². The van der Waals surface area contributed by atoms with Crippen molar-refractivity contribution in [3.63, 3.8) is 0 Å². The van der Waals surface area contributed by atoms with Gasteiger partial charge in [0.2, 0.25) is 0 Å². The molecule has 1 aliphatic rings. The molecule has 2 aromatic carbocycles. The molecular weight excluding hydrogens is 332 g/mol. The molecule has 0 radical (unpaired) electrons. The fraction of sp³-hybridized carbons (Fsp3) is 0.300. The van der Waals surface area contributed by atoms with Gasteiger partial charge in [0.15, 0.2) is 6.61 Å². The van der Waals surface area contributed by atoms with Crippen LogP contribution in [0.25, 0.3) is 0 Å². The fourth-order valence-corrected chi connectivity index (χ4v) is 2.85. The molecule has 2 aromatic rings. The molecule has 1 saturated heterocycles. The van der Waals surface area contributed by atoms with Crippen molar-refractivity contribution in [2.75, 3.05) is 39.9 Å². The summed E-state index contributed by atoms with van der Waals surface area (Å²) in [6.45, 7) is 2.04. The van der Waals surface area contributed by atoms with Crippen molar-refractivity contribution < 1.29 is 19.1 Å². The Morgan fingerprint density at radius 1 is 0.885 bits per heavy atom. The van der Waals surface area contributed by atoms with E-state index in [0.717, 1.165) is 0 Å². The van der Waals surface area contributed by atoms with Gasteiger partial charge < -0.3 is 19.3 Å². The van der Waals surface area contributed by atoms with E-state index in [1.807, 2.05) is 30.3 Å². The van der Waals surface area contributed by atoms with Crippen molar-refractivity contribution in [3.05, 3.63) is 60.2 Å². The van der Waals surface area contributed by atoms with Gasteiger partial charge >= 0.3 is 0 Å². The lowest BCUT2D eigenvalue weighted by Gasteiger charge is -2.34. The molecule has 1 aliphatic heterocycles. The van der Waals surface area contributed by atoms with E-state index >= 15 is 0 Å². The number of para-hydroxylation sites is 1. The van der Waals surface area contributed by atoms with E-state index in [1.165, 1.54) is 0 Å². The van der Waals surface area contributed by atoms with E-state index in [9.17, 15) is 9.59 Å². The third-order valence-electron chi connectivity index (χ3n) is 4.34. The van der Waals surface area contributed by atoms with Gasteiger partial charge in [-0.1, -0.05) is 24.3 Å².